The third-order valence-corrected chi connectivity index (χ3v) is 6.28. The van der Waals surface area contributed by atoms with Crippen molar-refractivity contribution in [1.29, 1.82) is 0 Å². The van der Waals surface area contributed by atoms with Crippen molar-refractivity contribution in [3.8, 4) is 33.8 Å². The number of aromatic hydroxyl groups is 2. The minimum absolute atomic E-state index is 0.162. The Bertz CT molecular complexity index is 1150. The van der Waals surface area contributed by atoms with E-state index in [2.05, 4.69) is 82.8 Å². The van der Waals surface area contributed by atoms with E-state index in [0.717, 1.165) is 49.8 Å². The molecule has 0 spiro atoms. The molecule has 3 rings (SSSR count). The fourth-order valence-corrected chi connectivity index (χ4v) is 4.42. The van der Waals surface area contributed by atoms with E-state index in [-0.39, 0.29) is 10.8 Å². The summed E-state index contributed by atoms with van der Waals surface area (Å²) in [6, 6.07) is 14.3. The van der Waals surface area contributed by atoms with E-state index in [1.165, 1.54) is 0 Å². The molecule has 3 heteroatoms. The lowest BCUT2D eigenvalue weighted by Crippen LogP contribution is -2.12. The molecule has 0 saturated heterocycles. The highest BCUT2D eigenvalue weighted by molar-refractivity contribution is 7.28. The van der Waals surface area contributed by atoms with Gasteiger partial charge in [0.05, 0.1) is 0 Å². The molecular formula is C28H35O2P. The fraction of sp³-hybridized carbons (Fsp3) is 0.357. The van der Waals surface area contributed by atoms with Crippen LogP contribution in [0.5, 0.6) is 11.5 Å². The molecule has 0 aromatic heterocycles. The molecule has 0 aliphatic carbocycles. The van der Waals surface area contributed by atoms with Crippen molar-refractivity contribution in [3.05, 3.63) is 64.7 Å². The van der Waals surface area contributed by atoms with Crippen LogP contribution in [0.1, 0.15) is 63.8 Å². The van der Waals surface area contributed by atoms with Crippen LogP contribution in [0.25, 0.3) is 22.3 Å². The highest BCUT2D eigenvalue weighted by Crippen LogP contribution is 2.43. The number of rotatable bonds is 2. The Kier molecular flexibility index (Phi) is 6.02. The maximum Gasteiger partial charge on any atom is 0.127 e. The lowest BCUT2D eigenvalue weighted by molar-refractivity contribution is 0.448. The lowest BCUT2D eigenvalue weighted by atomic mass is 9.82. The van der Waals surface area contributed by atoms with Gasteiger partial charge in [-0.2, -0.15) is 0 Å². The van der Waals surface area contributed by atoms with Crippen molar-refractivity contribution >= 4 is 14.5 Å². The van der Waals surface area contributed by atoms with E-state index in [1.807, 2.05) is 24.3 Å². The summed E-state index contributed by atoms with van der Waals surface area (Å²) in [4.78, 5) is 0. The van der Waals surface area contributed by atoms with E-state index >= 15 is 0 Å². The summed E-state index contributed by atoms with van der Waals surface area (Å²) in [5.74, 6) is 0.646. The van der Waals surface area contributed by atoms with E-state index in [0.29, 0.717) is 11.5 Å². The number of aryl methyl sites for hydroxylation is 2. The van der Waals surface area contributed by atoms with Crippen LogP contribution in [0.15, 0.2) is 42.5 Å². The number of hydrogen-bond acceptors (Lipinski definition) is 2. The van der Waals surface area contributed by atoms with E-state index in [1.54, 1.807) is 0 Å². The molecule has 0 heterocycles. The second kappa shape index (κ2) is 7.99. The van der Waals surface area contributed by atoms with Gasteiger partial charge in [-0.15, -0.1) is 9.24 Å². The Labute approximate surface area is 189 Å². The molecule has 2 nitrogen and oxygen atoms in total. The second-order valence-electron chi connectivity index (χ2n) is 10.7. The van der Waals surface area contributed by atoms with Crippen molar-refractivity contribution in [3.63, 3.8) is 0 Å². The van der Waals surface area contributed by atoms with Gasteiger partial charge in [0.1, 0.15) is 11.5 Å². The van der Waals surface area contributed by atoms with E-state index in [4.69, 9.17) is 0 Å². The first-order chi connectivity index (χ1) is 14.2. The molecule has 0 radical (unpaired) electrons. The van der Waals surface area contributed by atoms with Gasteiger partial charge < -0.3 is 10.2 Å². The zero-order valence-corrected chi connectivity index (χ0v) is 21.2. The summed E-state index contributed by atoms with van der Waals surface area (Å²) >= 11 is 0. The fourth-order valence-electron chi connectivity index (χ4n) is 4.08. The summed E-state index contributed by atoms with van der Waals surface area (Å²) in [7, 11) is 2.78. The van der Waals surface area contributed by atoms with E-state index in [9.17, 15) is 10.2 Å². The van der Waals surface area contributed by atoms with Crippen LogP contribution in [0.4, 0.5) is 0 Å². The SMILES string of the molecule is Cc1cc(-c2ccc(P)c(-c3cc(C)cc(C(C)(C)C)c3O)c2)c(O)c(C(C)(C)C)c1. The molecule has 3 aromatic rings. The smallest absolute Gasteiger partial charge is 0.127 e. The number of phenolic OH excluding ortho intramolecular Hbond substituents is 2. The van der Waals surface area contributed by atoms with Gasteiger partial charge in [0.15, 0.2) is 0 Å². The zero-order chi connectivity index (χ0) is 23.3. The largest absolute Gasteiger partial charge is 0.507 e. The molecule has 0 saturated carbocycles. The number of phenols is 2. The van der Waals surface area contributed by atoms with Crippen molar-refractivity contribution < 1.29 is 10.2 Å². The van der Waals surface area contributed by atoms with Crippen molar-refractivity contribution in [1.82, 2.24) is 0 Å². The quantitative estimate of drug-likeness (QED) is 0.421. The Morgan fingerprint density at radius 1 is 0.613 bits per heavy atom. The molecule has 1 unspecified atom stereocenters. The average molecular weight is 435 g/mol. The first-order valence-electron chi connectivity index (χ1n) is 10.8. The summed E-state index contributed by atoms with van der Waals surface area (Å²) in [5.41, 5.74) is 7.30. The minimum atomic E-state index is -0.167. The normalized spacial score (nSPS) is 12.3. The molecule has 0 aliphatic heterocycles. The molecule has 31 heavy (non-hydrogen) atoms. The Hall–Kier alpha value is -2.31. The highest BCUT2D eigenvalue weighted by Gasteiger charge is 2.24. The number of hydrogen-bond donors (Lipinski definition) is 2. The van der Waals surface area contributed by atoms with Crippen LogP contribution >= 0.6 is 9.24 Å². The average Bonchev–Trinajstić information content (AvgIpc) is 2.64. The van der Waals surface area contributed by atoms with E-state index < -0.39 is 0 Å². The van der Waals surface area contributed by atoms with Crippen LogP contribution in [-0.2, 0) is 10.8 Å². The van der Waals surface area contributed by atoms with Gasteiger partial charge in [-0.1, -0.05) is 65.8 Å². The van der Waals surface area contributed by atoms with Crippen molar-refractivity contribution in [2.75, 3.05) is 0 Å². The lowest BCUT2D eigenvalue weighted by Gasteiger charge is -2.24. The van der Waals surface area contributed by atoms with Gasteiger partial charge in [-0.3, -0.25) is 0 Å². The minimum Gasteiger partial charge on any atom is -0.507 e. The molecule has 0 amide bonds. The maximum absolute atomic E-state index is 11.2. The standard InChI is InChI=1S/C28H35O2P/c1-16-11-19(25(29)22(13-16)27(3,4)5)18-9-10-24(31)20(15-18)21-12-17(2)14-23(26(21)30)28(6,7)8/h9-15,29-30H,31H2,1-8H3. The summed E-state index contributed by atoms with van der Waals surface area (Å²) in [5, 5.41) is 23.3. The Morgan fingerprint density at radius 2 is 1.06 bits per heavy atom. The van der Waals surface area contributed by atoms with Gasteiger partial charge >= 0.3 is 0 Å². The van der Waals surface area contributed by atoms with Gasteiger partial charge in [0, 0.05) is 22.3 Å². The molecule has 0 aliphatic rings. The Balaban J connectivity index is 2.27. The van der Waals surface area contributed by atoms with Crippen molar-refractivity contribution in [2.24, 2.45) is 0 Å². The topological polar surface area (TPSA) is 40.5 Å². The molecule has 2 N–H and O–H groups in total. The van der Waals surface area contributed by atoms with Crippen LogP contribution in [0.2, 0.25) is 0 Å². The van der Waals surface area contributed by atoms with Gasteiger partial charge in [0.25, 0.3) is 0 Å². The predicted molar refractivity (Wildman–Crippen MR) is 137 cm³/mol. The monoisotopic (exact) mass is 434 g/mol. The van der Waals surface area contributed by atoms with Crippen LogP contribution in [0.3, 0.4) is 0 Å². The van der Waals surface area contributed by atoms with Gasteiger partial charge in [-0.05, 0) is 70.4 Å². The Morgan fingerprint density at radius 3 is 1.55 bits per heavy atom. The summed E-state index contributed by atoms with van der Waals surface area (Å²) in [6.45, 7) is 16.8. The molecule has 0 bridgehead atoms. The molecule has 0 fully saturated rings. The van der Waals surface area contributed by atoms with Crippen LogP contribution in [-0.4, -0.2) is 10.2 Å². The third kappa shape index (κ3) is 4.65. The van der Waals surface area contributed by atoms with Crippen molar-refractivity contribution in [2.45, 2.75) is 66.2 Å². The maximum atomic E-state index is 11.2. The second-order valence-corrected chi connectivity index (χ2v) is 11.3. The third-order valence-electron chi connectivity index (χ3n) is 5.78. The predicted octanol–water partition coefficient (Wildman–Crippen LogP) is 7.14. The zero-order valence-electron chi connectivity index (χ0n) is 20.0. The molecule has 164 valence electrons. The number of benzene rings is 3. The highest BCUT2D eigenvalue weighted by atomic mass is 31.0. The summed E-state index contributed by atoms with van der Waals surface area (Å²) in [6.07, 6.45) is 0. The summed E-state index contributed by atoms with van der Waals surface area (Å²) < 4.78 is 0. The van der Waals surface area contributed by atoms with Crippen LogP contribution in [0, 0.1) is 13.8 Å². The van der Waals surface area contributed by atoms with Gasteiger partial charge in [0.2, 0.25) is 0 Å². The van der Waals surface area contributed by atoms with Crippen LogP contribution < -0.4 is 5.30 Å². The first kappa shape index (κ1) is 23.4. The first-order valence-corrected chi connectivity index (χ1v) is 11.4. The molecule has 1 atom stereocenters. The van der Waals surface area contributed by atoms with Gasteiger partial charge in [-0.25, -0.2) is 0 Å². The molecular weight excluding hydrogens is 399 g/mol. The molecule has 3 aromatic carbocycles.